The van der Waals surface area contributed by atoms with Crippen molar-refractivity contribution in [2.75, 3.05) is 0 Å². The van der Waals surface area contributed by atoms with Crippen LogP contribution in [-0.4, -0.2) is 50.6 Å². The van der Waals surface area contributed by atoms with E-state index in [2.05, 4.69) is 46.0 Å². The van der Waals surface area contributed by atoms with Crippen LogP contribution >= 0.6 is 11.3 Å². The van der Waals surface area contributed by atoms with Gasteiger partial charge in [-0.05, 0) is 5.21 Å². The van der Waals surface area contributed by atoms with Gasteiger partial charge < -0.3 is 4.42 Å². The van der Waals surface area contributed by atoms with Gasteiger partial charge in [0, 0.05) is 6.20 Å². The third-order valence-electron chi connectivity index (χ3n) is 2.39. The lowest BCUT2D eigenvalue weighted by molar-refractivity contribution is 0.562. The highest BCUT2D eigenvalue weighted by Gasteiger charge is 2.20. The molecule has 4 heterocycles. The van der Waals surface area contributed by atoms with Gasteiger partial charge >= 0.3 is 0 Å². The molecule has 0 spiro atoms. The summed E-state index contributed by atoms with van der Waals surface area (Å²) >= 11 is 1.34. The maximum atomic E-state index is 5.18. The molecule has 0 atom stereocenters. The first-order valence-electron chi connectivity index (χ1n) is 5.28. The topological polar surface area (TPSA) is 137 Å². The molecule has 0 unspecified atom stereocenters. The standard InChI is InChI=1S/C8H4N10OS/c1-4(5-12-16-17-13-5)11-6(7-14-9-2-19-7)18(1)8-15-10-3-20-8/h1-3H,(H,12,13,16,17). The van der Waals surface area contributed by atoms with Crippen LogP contribution < -0.4 is 0 Å². The largest absolute Gasteiger partial charge is 0.421 e. The maximum Gasteiger partial charge on any atom is 0.284 e. The maximum absolute atomic E-state index is 5.18. The summed E-state index contributed by atoms with van der Waals surface area (Å²) in [5, 5.41) is 29.5. The summed E-state index contributed by atoms with van der Waals surface area (Å²) in [4.78, 5) is 4.37. The molecular weight excluding hydrogens is 284 g/mol. The lowest BCUT2D eigenvalue weighted by Gasteiger charge is -1.97. The van der Waals surface area contributed by atoms with Gasteiger partial charge in [0.05, 0.1) is 0 Å². The molecule has 98 valence electrons. The van der Waals surface area contributed by atoms with Crippen molar-refractivity contribution in [2.24, 2.45) is 0 Å². The molecule has 20 heavy (non-hydrogen) atoms. The molecule has 11 nitrogen and oxygen atoms in total. The number of aromatic nitrogens is 10. The lowest BCUT2D eigenvalue weighted by Crippen LogP contribution is -1.95. The first-order valence-corrected chi connectivity index (χ1v) is 6.16. The van der Waals surface area contributed by atoms with Crippen LogP contribution in [0.1, 0.15) is 0 Å². The van der Waals surface area contributed by atoms with Gasteiger partial charge in [0.2, 0.25) is 23.2 Å². The minimum atomic E-state index is 0.259. The molecule has 0 saturated heterocycles. The molecular formula is C8H4N10OS. The van der Waals surface area contributed by atoms with Crippen LogP contribution in [0.15, 0.2) is 22.5 Å². The number of imidazole rings is 1. The van der Waals surface area contributed by atoms with Crippen molar-refractivity contribution < 1.29 is 4.42 Å². The van der Waals surface area contributed by atoms with Gasteiger partial charge in [0.25, 0.3) is 5.89 Å². The van der Waals surface area contributed by atoms with Crippen molar-refractivity contribution in [1.82, 2.24) is 50.6 Å². The average Bonchev–Trinajstić information content (AvgIpc) is 3.22. The molecule has 4 rings (SSSR count). The number of aromatic amines is 1. The average molecular weight is 288 g/mol. The van der Waals surface area contributed by atoms with Crippen LogP contribution in [0.25, 0.3) is 28.4 Å². The molecule has 0 aliphatic heterocycles. The predicted molar refractivity (Wildman–Crippen MR) is 63.5 cm³/mol. The summed E-state index contributed by atoms with van der Waals surface area (Å²) in [5.74, 6) is 1.04. The highest BCUT2D eigenvalue weighted by atomic mass is 32.1. The summed E-state index contributed by atoms with van der Waals surface area (Å²) < 4.78 is 6.85. The Balaban J connectivity index is 1.92. The zero-order valence-electron chi connectivity index (χ0n) is 9.57. The van der Waals surface area contributed by atoms with E-state index in [9.17, 15) is 0 Å². The van der Waals surface area contributed by atoms with Gasteiger partial charge in [-0.1, -0.05) is 11.3 Å². The normalized spacial score (nSPS) is 11.0. The minimum absolute atomic E-state index is 0.259. The number of nitrogens with zero attached hydrogens (tertiary/aromatic N) is 9. The summed E-state index contributed by atoms with van der Waals surface area (Å²) in [6.07, 6.45) is 2.92. The SMILES string of the molecule is c1nnc(-c2nc(-c3nn[nH]n3)cn2-c2nncs2)o1. The number of hydrogen-bond donors (Lipinski definition) is 1. The van der Waals surface area contributed by atoms with E-state index in [0.717, 1.165) is 0 Å². The molecule has 0 bridgehead atoms. The van der Waals surface area contributed by atoms with E-state index in [0.29, 0.717) is 22.5 Å². The molecule has 0 aliphatic carbocycles. The van der Waals surface area contributed by atoms with E-state index >= 15 is 0 Å². The van der Waals surface area contributed by atoms with Crippen molar-refractivity contribution in [3.05, 3.63) is 18.1 Å². The van der Waals surface area contributed by atoms with E-state index < -0.39 is 0 Å². The molecule has 0 radical (unpaired) electrons. The lowest BCUT2D eigenvalue weighted by atomic mass is 10.5. The Bertz CT molecular complexity index is 750. The number of nitrogens with one attached hydrogen (secondary N) is 1. The second-order valence-corrected chi connectivity index (χ2v) is 4.33. The highest BCUT2D eigenvalue weighted by Crippen LogP contribution is 2.25. The van der Waals surface area contributed by atoms with Crippen LogP contribution in [0.4, 0.5) is 0 Å². The van der Waals surface area contributed by atoms with Gasteiger partial charge in [0.15, 0.2) is 0 Å². The summed E-state index contributed by atoms with van der Waals surface area (Å²) in [5.41, 5.74) is 2.11. The van der Waals surface area contributed by atoms with Crippen LogP contribution in [0, 0.1) is 0 Å². The summed E-state index contributed by atoms with van der Waals surface area (Å²) in [6.45, 7) is 0. The van der Waals surface area contributed by atoms with Crippen LogP contribution in [0.3, 0.4) is 0 Å². The van der Waals surface area contributed by atoms with Crippen molar-refractivity contribution in [3.63, 3.8) is 0 Å². The Hall–Kier alpha value is -3.02. The molecule has 12 heteroatoms. The van der Waals surface area contributed by atoms with Gasteiger partial charge in [-0.15, -0.1) is 30.6 Å². The van der Waals surface area contributed by atoms with E-state index in [4.69, 9.17) is 4.42 Å². The molecule has 0 aromatic carbocycles. The smallest absolute Gasteiger partial charge is 0.284 e. The van der Waals surface area contributed by atoms with Crippen molar-refractivity contribution in [3.8, 4) is 28.4 Å². The fraction of sp³-hybridized carbons (Fsp3) is 0. The van der Waals surface area contributed by atoms with E-state index in [1.807, 2.05) is 0 Å². The van der Waals surface area contributed by atoms with Crippen molar-refractivity contribution in [2.45, 2.75) is 0 Å². The highest BCUT2D eigenvalue weighted by molar-refractivity contribution is 7.11. The van der Waals surface area contributed by atoms with Gasteiger partial charge in [0.1, 0.15) is 11.2 Å². The monoisotopic (exact) mass is 288 g/mol. The summed E-state index contributed by atoms with van der Waals surface area (Å²) in [6, 6.07) is 0. The molecule has 1 N–H and O–H groups in total. The molecule has 0 amide bonds. The van der Waals surface area contributed by atoms with Crippen LogP contribution in [0.2, 0.25) is 0 Å². The zero-order valence-corrected chi connectivity index (χ0v) is 10.4. The Morgan fingerprint density at radius 3 is 2.90 bits per heavy atom. The fourth-order valence-electron chi connectivity index (χ4n) is 1.60. The van der Waals surface area contributed by atoms with E-state index in [-0.39, 0.29) is 5.89 Å². The summed E-state index contributed by atoms with van der Waals surface area (Å²) in [7, 11) is 0. The Labute approximate surface area is 113 Å². The third-order valence-corrected chi connectivity index (χ3v) is 3.08. The molecule has 4 aromatic rings. The molecule has 0 aliphatic rings. The first kappa shape index (κ1) is 10.9. The zero-order chi connectivity index (χ0) is 13.4. The third kappa shape index (κ3) is 1.66. The van der Waals surface area contributed by atoms with Gasteiger partial charge in [-0.3, -0.25) is 4.57 Å². The van der Waals surface area contributed by atoms with Gasteiger partial charge in [-0.25, -0.2) is 4.98 Å². The molecule has 0 saturated carbocycles. The number of H-pyrrole nitrogens is 1. The quantitative estimate of drug-likeness (QED) is 0.550. The Morgan fingerprint density at radius 1 is 1.20 bits per heavy atom. The Morgan fingerprint density at radius 2 is 2.20 bits per heavy atom. The minimum Gasteiger partial charge on any atom is -0.421 e. The van der Waals surface area contributed by atoms with Crippen molar-refractivity contribution >= 4 is 11.3 Å². The van der Waals surface area contributed by atoms with Crippen LogP contribution in [-0.2, 0) is 0 Å². The van der Waals surface area contributed by atoms with Gasteiger partial charge in [-0.2, -0.15) is 5.21 Å². The van der Waals surface area contributed by atoms with E-state index in [1.165, 1.54) is 17.7 Å². The van der Waals surface area contributed by atoms with Crippen molar-refractivity contribution in [1.29, 1.82) is 0 Å². The second kappa shape index (κ2) is 4.27. The van der Waals surface area contributed by atoms with E-state index in [1.54, 1.807) is 16.3 Å². The number of hydrogen-bond acceptors (Lipinski definition) is 10. The number of rotatable bonds is 3. The predicted octanol–water partition coefficient (Wildman–Crippen LogP) is -0.0461. The number of tetrazole rings is 1. The first-order chi connectivity index (χ1) is 9.92. The fourth-order valence-corrected chi connectivity index (χ4v) is 2.13. The van der Waals surface area contributed by atoms with Crippen LogP contribution in [0.5, 0.6) is 0 Å². The molecule has 4 aromatic heterocycles. The second-order valence-electron chi connectivity index (χ2n) is 3.52. The Kier molecular flexibility index (Phi) is 2.32. The molecule has 0 fully saturated rings.